The molecule has 0 bridgehead atoms. The molecule has 3 aromatic rings. The molecule has 2 aliphatic rings. The summed E-state index contributed by atoms with van der Waals surface area (Å²) in [6.07, 6.45) is 4.01. The third-order valence-electron chi connectivity index (χ3n) is 4.76. The number of nitrogens with zero attached hydrogens (tertiary/aromatic N) is 4. The van der Waals surface area contributed by atoms with Crippen LogP contribution in [-0.4, -0.2) is 24.6 Å². The van der Waals surface area contributed by atoms with E-state index in [1.165, 1.54) is 10.3 Å². The molecule has 0 unspecified atom stereocenters. The van der Waals surface area contributed by atoms with Crippen LogP contribution < -0.4 is 0 Å². The number of pyridine rings is 1. The smallest absolute Gasteiger partial charge is 0.160 e. The highest BCUT2D eigenvalue weighted by Gasteiger charge is 2.15. The van der Waals surface area contributed by atoms with Gasteiger partial charge in [-0.3, -0.25) is 0 Å². The summed E-state index contributed by atoms with van der Waals surface area (Å²) >= 11 is 1.72. The lowest BCUT2D eigenvalue weighted by atomic mass is 10.1. The van der Waals surface area contributed by atoms with Crippen molar-refractivity contribution in [2.75, 3.05) is 0 Å². The molecule has 0 saturated carbocycles. The molecule has 2 aromatic carbocycles. The number of hydrogen-bond acceptors (Lipinski definition) is 5. The number of benzene rings is 2. The maximum Gasteiger partial charge on any atom is 0.160 e. The average Bonchev–Trinajstić information content (AvgIpc) is 3.30. The molecule has 6 heteroatoms. The van der Waals surface area contributed by atoms with Gasteiger partial charge >= 0.3 is 0 Å². The van der Waals surface area contributed by atoms with E-state index in [0.717, 1.165) is 33.0 Å². The van der Waals surface area contributed by atoms with Gasteiger partial charge in [0.2, 0.25) is 0 Å². The summed E-state index contributed by atoms with van der Waals surface area (Å²) in [6, 6.07) is 16.0. The third-order valence-corrected chi connectivity index (χ3v) is 5.76. The van der Waals surface area contributed by atoms with Crippen LogP contribution in [0.2, 0.25) is 0 Å². The van der Waals surface area contributed by atoms with Crippen LogP contribution in [0.4, 0.5) is 0 Å². The summed E-state index contributed by atoms with van der Waals surface area (Å²) in [6.45, 7) is 2.77. The lowest BCUT2D eigenvalue weighted by Crippen LogP contribution is -2.00. The number of aliphatic hydroxyl groups excluding tert-OH is 1. The van der Waals surface area contributed by atoms with Gasteiger partial charge in [-0.15, -0.1) is 11.3 Å². The molecule has 1 N–H and O–H groups in total. The second-order valence-electron chi connectivity index (χ2n) is 6.83. The van der Waals surface area contributed by atoms with E-state index in [4.69, 9.17) is 4.98 Å². The van der Waals surface area contributed by atoms with Crippen molar-refractivity contribution >= 4 is 21.6 Å². The van der Waals surface area contributed by atoms with Crippen LogP contribution in [0.3, 0.4) is 0 Å². The SMILES string of the molecule is Cc1ccc2nc(Cn3ccc4nc(-c5ccccc5CO)nc-4c3)sc2c1. The number of fused-ring (bicyclic) bond motifs is 2. The predicted octanol–water partition coefficient (Wildman–Crippen LogP) is 4.51. The molecule has 3 heterocycles. The Labute approximate surface area is 166 Å². The number of imidazole rings is 1. The van der Waals surface area contributed by atoms with Crippen LogP contribution in [0.1, 0.15) is 16.1 Å². The zero-order valence-electron chi connectivity index (χ0n) is 15.3. The number of aromatic nitrogens is 4. The summed E-state index contributed by atoms with van der Waals surface area (Å²) in [4.78, 5) is 14.1. The predicted molar refractivity (Wildman–Crippen MR) is 111 cm³/mol. The van der Waals surface area contributed by atoms with Crippen LogP contribution in [-0.2, 0) is 13.2 Å². The standard InChI is InChI=1S/C22H18N4OS/c1-14-6-7-18-20(10-14)28-21(23-18)12-26-9-8-17-19(11-26)25-22(24-17)16-5-3-2-4-15(16)13-27/h2-11,27H,12-13H2,1H3. The molecular formula is C22H18N4OS. The largest absolute Gasteiger partial charge is 0.392 e. The number of thiazole rings is 1. The van der Waals surface area contributed by atoms with Crippen molar-refractivity contribution in [3.63, 3.8) is 0 Å². The highest BCUT2D eigenvalue weighted by atomic mass is 32.1. The van der Waals surface area contributed by atoms with E-state index < -0.39 is 0 Å². The number of aryl methyl sites for hydroxylation is 1. The van der Waals surface area contributed by atoms with E-state index in [0.29, 0.717) is 12.4 Å². The van der Waals surface area contributed by atoms with Gasteiger partial charge in [0.05, 0.1) is 29.1 Å². The zero-order valence-corrected chi connectivity index (χ0v) is 16.1. The average molecular weight is 386 g/mol. The zero-order chi connectivity index (χ0) is 19.1. The fourth-order valence-electron chi connectivity index (χ4n) is 3.35. The van der Waals surface area contributed by atoms with Crippen LogP contribution in [0.5, 0.6) is 0 Å². The number of aliphatic hydroxyl groups is 1. The molecule has 0 aliphatic carbocycles. The first kappa shape index (κ1) is 17.0. The van der Waals surface area contributed by atoms with Crippen LogP contribution in [0, 0.1) is 6.92 Å². The molecule has 2 aliphatic heterocycles. The summed E-state index contributed by atoms with van der Waals surface area (Å²) in [7, 11) is 0. The molecular weight excluding hydrogens is 368 g/mol. The molecule has 0 radical (unpaired) electrons. The van der Waals surface area contributed by atoms with Crippen LogP contribution >= 0.6 is 11.3 Å². The summed E-state index contributed by atoms with van der Waals surface area (Å²) < 4.78 is 3.30. The maximum atomic E-state index is 9.57. The highest BCUT2D eigenvalue weighted by Crippen LogP contribution is 2.28. The molecule has 5 rings (SSSR count). The molecule has 5 nitrogen and oxygen atoms in total. The Morgan fingerprint density at radius 1 is 1.00 bits per heavy atom. The van der Waals surface area contributed by atoms with Gasteiger partial charge < -0.3 is 9.67 Å². The van der Waals surface area contributed by atoms with Gasteiger partial charge in [0, 0.05) is 18.0 Å². The minimum Gasteiger partial charge on any atom is -0.392 e. The Balaban J connectivity index is 1.48. The maximum absolute atomic E-state index is 9.57. The molecule has 28 heavy (non-hydrogen) atoms. The van der Waals surface area contributed by atoms with E-state index >= 15 is 0 Å². The van der Waals surface area contributed by atoms with E-state index in [1.807, 2.05) is 42.7 Å². The quantitative estimate of drug-likeness (QED) is 0.494. The van der Waals surface area contributed by atoms with Crippen molar-refractivity contribution in [1.29, 1.82) is 0 Å². The van der Waals surface area contributed by atoms with Gasteiger partial charge in [0.1, 0.15) is 10.7 Å². The number of rotatable bonds is 4. The van der Waals surface area contributed by atoms with Crippen molar-refractivity contribution in [3.8, 4) is 22.8 Å². The van der Waals surface area contributed by atoms with Crippen molar-refractivity contribution < 1.29 is 5.11 Å². The molecule has 0 saturated heterocycles. The lowest BCUT2D eigenvalue weighted by Gasteiger charge is -2.05. The molecule has 0 atom stereocenters. The Morgan fingerprint density at radius 3 is 2.75 bits per heavy atom. The van der Waals surface area contributed by atoms with E-state index in [9.17, 15) is 5.11 Å². The molecule has 138 valence electrons. The Morgan fingerprint density at radius 2 is 1.86 bits per heavy atom. The summed E-state index contributed by atoms with van der Waals surface area (Å²) in [5, 5.41) is 10.6. The second kappa shape index (κ2) is 6.82. The van der Waals surface area contributed by atoms with Gasteiger partial charge in [-0.25, -0.2) is 15.0 Å². The lowest BCUT2D eigenvalue weighted by molar-refractivity contribution is 0.282. The van der Waals surface area contributed by atoms with Crippen molar-refractivity contribution in [1.82, 2.24) is 19.5 Å². The van der Waals surface area contributed by atoms with E-state index in [1.54, 1.807) is 11.3 Å². The van der Waals surface area contributed by atoms with E-state index in [-0.39, 0.29) is 6.61 Å². The minimum absolute atomic E-state index is 0.0296. The van der Waals surface area contributed by atoms with Crippen LogP contribution in [0.15, 0.2) is 60.9 Å². The Hall–Kier alpha value is -3.09. The van der Waals surface area contributed by atoms with Gasteiger partial charge in [0.25, 0.3) is 0 Å². The summed E-state index contributed by atoms with van der Waals surface area (Å²) in [5.41, 5.74) is 5.67. The minimum atomic E-state index is -0.0296. The molecule has 1 aromatic heterocycles. The van der Waals surface area contributed by atoms with Crippen molar-refractivity contribution in [2.45, 2.75) is 20.1 Å². The Kier molecular flexibility index (Phi) is 4.15. The van der Waals surface area contributed by atoms with Gasteiger partial charge in [-0.2, -0.15) is 0 Å². The van der Waals surface area contributed by atoms with Gasteiger partial charge in [0.15, 0.2) is 5.82 Å². The Bertz CT molecular complexity index is 1260. The molecule has 0 fully saturated rings. The second-order valence-corrected chi connectivity index (χ2v) is 7.94. The van der Waals surface area contributed by atoms with Gasteiger partial charge in [-0.05, 0) is 36.2 Å². The van der Waals surface area contributed by atoms with E-state index in [2.05, 4.69) is 39.7 Å². The molecule has 0 amide bonds. The first-order valence-electron chi connectivity index (χ1n) is 9.08. The topological polar surface area (TPSA) is 63.8 Å². The first-order chi connectivity index (χ1) is 13.7. The van der Waals surface area contributed by atoms with Crippen molar-refractivity contribution in [3.05, 3.63) is 77.1 Å². The fourth-order valence-corrected chi connectivity index (χ4v) is 4.42. The van der Waals surface area contributed by atoms with Gasteiger partial charge in [-0.1, -0.05) is 30.3 Å². The molecule has 0 spiro atoms. The first-order valence-corrected chi connectivity index (χ1v) is 9.90. The number of hydrogen-bond donors (Lipinski definition) is 1. The normalized spacial score (nSPS) is 11.5. The third kappa shape index (κ3) is 3.06. The van der Waals surface area contributed by atoms with Crippen LogP contribution in [0.25, 0.3) is 33.0 Å². The fraction of sp³-hybridized carbons (Fsp3) is 0.136. The van der Waals surface area contributed by atoms with Crippen molar-refractivity contribution in [2.24, 2.45) is 0 Å². The summed E-state index contributed by atoms with van der Waals surface area (Å²) in [5.74, 6) is 0.646. The highest BCUT2D eigenvalue weighted by molar-refractivity contribution is 7.18. The monoisotopic (exact) mass is 386 g/mol.